The molecule has 0 fully saturated rings. The van der Waals surface area contributed by atoms with E-state index >= 15 is 0 Å². The molecule has 142 valence electrons. The van der Waals surface area contributed by atoms with Crippen LogP contribution in [-0.2, 0) is 12.1 Å². The van der Waals surface area contributed by atoms with Crippen molar-refractivity contribution in [3.05, 3.63) is 58.9 Å². The number of rotatable bonds is 5. The van der Waals surface area contributed by atoms with Crippen LogP contribution in [0, 0.1) is 11.6 Å². The largest absolute Gasteiger partial charge is 0.477 e. The number of nitrogens with zero attached hydrogens (tertiary/aromatic N) is 3. The zero-order chi connectivity index (χ0) is 19.8. The summed E-state index contributed by atoms with van der Waals surface area (Å²) in [5.41, 5.74) is 5.94. The van der Waals surface area contributed by atoms with E-state index in [-0.39, 0.29) is 5.75 Å². The molecule has 0 radical (unpaired) electrons. The Bertz CT molecular complexity index is 988. The molecule has 0 unspecified atom stereocenters. The Labute approximate surface area is 160 Å². The average Bonchev–Trinajstić information content (AvgIpc) is 3.02. The number of hydrogen-bond donors (Lipinski definition) is 1. The fourth-order valence-corrected chi connectivity index (χ4v) is 3.11. The Hall–Kier alpha value is -2.67. The molecule has 0 spiro atoms. The molecule has 0 amide bonds. The van der Waals surface area contributed by atoms with Gasteiger partial charge in [-0.2, -0.15) is 0 Å². The molecule has 1 aromatic heterocycles. The van der Waals surface area contributed by atoms with E-state index in [1.54, 1.807) is 32.0 Å². The quantitative estimate of drug-likeness (QED) is 0.634. The molecule has 3 rings (SSSR count). The van der Waals surface area contributed by atoms with E-state index in [1.807, 2.05) is 11.5 Å². The summed E-state index contributed by atoms with van der Waals surface area (Å²) in [5, 5.41) is 8.94. The van der Waals surface area contributed by atoms with Gasteiger partial charge in [0.25, 0.3) is 0 Å². The summed E-state index contributed by atoms with van der Waals surface area (Å²) >= 11 is 6.30. The van der Waals surface area contributed by atoms with Crippen LogP contribution in [0.2, 0.25) is 5.02 Å². The van der Waals surface area contributed by atoms with Crippen molar-refractivity contribution < 1.29 is 13.5 Å². The van der Waals surface area contributed by atoms with Gasteiger partial charge in [-0.3, -0.25) is 0 Å². The highest BCUT2D eigenvalue weighted by molar-refractivity contribution is 6.33. The molecule has 0 aliphatic heterocycles. The minimum absolute atomic E-state index is 0.0703. The van der Waals surface area contributed by atoms with Crippen molar-refractivity contribution in [3.8, 4) is 17.1 Å². The summed E-state index contributed by atoms with van der Waals surface area (Å²) in [6.45, 7) is 5.94. The van der Waals surface area contributed by atoms with Crippen LogP contribution in [0.15, 0.2) is 36.4 Å². The molecule has 0 aliphatic rings. The van der Waals surface area contributed by atoms with Crippen LogP contribution in [-0.4, -0.2) is 14.8 Å². The fraction of sp³-hybridized carbons (Fsp3) is 0.263. The maximum Gasteiger partial charge on any atom is 0.177 e. The smallest absolute Gasteiger partial charge is 0.177 e. The zero-order valence-corrected chi connectivity index (χ0v) is 15.9. The number of ether oxygens (including phenoxy) is 1. The van der Waals surface area contributed by atoms with Gasteiger partial charge in [-0.1, -0.05) is 11.6 Å². The van der Waals surface area contributed by atoms with Crippen LogP contribution >= 0.6 is 11.6 Å². The molecule has 0 atom stereocenters. The third-order valence-electron chi connectivity index (χ3n) is 4.10. The molecular weight excluding hydrogens is 374 g/mol. The van der Waals surface area contributed by atoms with Crippen molar-refractivity contribution in [2.75, 3.05) is 5.73 Å². The Morgan fingerprint density at radius 1 is 1.15 bits per heavy atom. The Morgan fingerprint density at radius 2 is 1.89 bits per heavy atom. The van der Waals surface area contributed by atoms with Crippen molar-refractivity contribution in [2.45, 2.75) is 32.9 Å². The molecule has 5 nitrogen and oxygen atoms in total. The van der Waals surface area contributed by atoms with Gasteiger partial charge in [0.2, 0.25) is 0 Å². The highest BCUT2D eigenvalue weighted by Gasteiger charge is 2.32. The lowest BCUT2D eigenvalue weighted by Crippen LogP contribution is -2.30. The summed E-state index contributed by atoms with van der Waals surface area (Å²) in [4.78, 5) is 0. The van der Waals surface area contributed by atoms with Gasteiger partial charge in [-0.05, 0) is 51.1 Å². The van der Waals surface area contributed by atoms with Crippen LogP contribution in [0.25, 0.3) is 11.4 Å². The molecule has 0 aliphatic carbocycles. The van der Waals surface area contributed by atoms with Gasteiger partial charge >= 0.3 is 0 Å². The Morgan fingerprint density at radius 3 is 2.52 bits per heavy atom. The fourth-order valence-electron chi connectivity index (χ4n) is 2.84. The summed E-state index contributed by atoms with van der Waals surface area (Å²) in [5.74, 6) is -0.494. The normalized spacial score (nSPS) is 11.6. The lowest BCUT2D eigenvalue weighted by molar-refractivity contribution is 0.0883. The van der Waals surface area contributed by atoms with Crippen LogP contribution in [0.4, 0.5) is 14.5 Å². The van der Waals surface area contributed by atoms with Crippen LogP contribution in [0.1, 0.15) is 26.6 Å². The molecular formula is C19H19ClF2N4O. The van der Waals surface area contributed by atoms with Crippen molar-refractivity contribution in [2.24, 2.45) is 0 Å². The van der Waals surface area contributed by atoms with Crippen LogP contribution < -0.4 is 10.5 Å². The number of anilines is 1. The average molecular weight is 393 g/mol. The predicted octanol–water partition coefficient (Wildman–Crippen LogP) is 4.79. The first-order valence-corrected chi connectivity index (χ1v) is 8.74. The van der Waals surface area contributed by atoms with E-state index in [4.69, 9.17) is 22.1 Å². The third-order valence-corrected chi connectivity index (χ3v) is 4.41. The van der Waals surface area contributed by atoms with Gasteiger partial charge in [0.15, 0.2) is 28.8 Å². The van der Waals surface area contributed by atoms with E-state index in [2.05, 4.69) is 10.2 Å². The molecule has 2 N–H and O–H groups in total. The molecule has 8 heteroatoms. The Balaban J connectivity index is 2.02. The second kappa shape index (κ2) is 7.15. The van der Waals surface area contributed by atoms with Crippen LogP contribution in [0.3, 0.4) is 0 Å². The topological polar surface area (TPSA) is 66.0 Å². The van der Waals surface area contributed by atoms with Crippen molar-refractivity contribution in [1.82, 2.24) is 14.8 Å². The van der Waals surface area contributed by atoms with Crippen molar-refractivity contribution >= 4 is 17.3 Å². The SMILES string of the molecule is CCn1c(-c2ccc(N)cc2Cl)nnc1C(C)(C)Oc1ccc(F)cc1F. The van der Waals surface area contributed by atoms with Gasteiger partial charge < -0.3 is 15.0 Å². The maximum absolute atomic E-state index is 14.0. The van der Waals surface area contributed by atoms with E-state index in [1.165, 1.54) is 6.07 Å². The second-order valence-electron chi connectivity index (χ2n) is 6.52. The monoisotopic (exact) mass is 392 g/mol. The van der Waals surface area contributed by atoms with Crippen molar-refractivity contribution in [3.63, 3.8) is 0 Å². The van der Waals surface area contributed by atoms with Crippen LogP contribution in [0.5, 0.6) is 5.75 Å². The van der Waals surface area contributed by atoms with Gasteiger partial charge in [-0.15, -0.1) is 10.2 Å². The maximum atomic E-state index is 14.0. The number of nitrogens with two attached hydrogens (primary N) is 1. The number of hydrogen-bond acceptors (Lipinski definition) is 4. The van der Waals surface area contributed by atoms with Gasteiger partial charge in [0.1, 0.15) is 5.82 Å². The van der Waals surface area contributed by atoms with Gasteiger partial charge in [-0.25, -0.2) is 8.78 Å². The first-order chi connectivity index (χ1) is 12.7. The molecule has 0 saturated heterocycles. The first kappa shape index (κ1) is 19.1. The van der Waals surface area contributed by atoms with Gasteiger partial charge in [0.05, 0.1) is 5.02 Å². The van der Waals surface area contributed by atoms with E-state index in [0.717, 1.165) is 12.1 Å². The number of benzene rings is 2. The summed E-state index contributed by atoms with van der Waals surface area (Å²) < 4.78 is 34.8. The highest BCUT2D eigenvalue weighted by Crippen LogP contribution is 2.33. The Kier molecular flexibility index (Phi) is 5.06. The minimum Gasteiger partial charge on any atom is -0.477 e. The molecule has 0 bridgehead atoms. The van der Waals surface area contributed by atoms with E-state index in [9.17, 15) is 8.78 Å². The third kappa shape index (κ3) is 3.73. The van der Waals surface area contributed by atoms with Crippen molar-refractivity contribution in [1.29, 1.82) is 0 Å². The standard InChI is InChI=1S/C19H19ClF2N4O/c1-4-26-17(13-7-6-12(23)10-14(13)20)24-25-18(26)19(2,3)27-16-8-5-11(21)9-15(16)22/h5-10H,4,23H2,1-3H3. The molecule has 3 aromatic rings. The van der Waals surface area contributed by atoms with E-state index < -0.39 is 17.2 Å². The highest BCUT2D eigenvalue weighted by atomic mass is 35.5. The lowest BCUT2D eigenvalue weighted by Gasteiger charge is -2.26. The summed E-state index contributed by atoms with van der Waals surface area (Å²) in [7, 11) is 0. The number of aromatic nitrogens is 3. The number of halogens is 3. The molecule has 0 saturated carbocycles. The molecule has 27 heavy (non-hydrogen) atoms. The van der Waals surface area contributed by atoms with Gasteiger partial charge in [0, 0.05) is 23.9 Å². The molecule has 2 aromatic carbocycles. The summed E-state index contributed by atoms with van der Waals surface area (Å²) in [6, 6.07) is 8.29. The zero-order valence-electron chi connectivity index (χ0n) is 15.1. The number of nitrogen functional groups attached to an aromatic ring is 1. The first-order valence-electron chi connectivity index (χ1n) is 8.36. The lowest BCUT2D eigenvalue weighted by atomic mass is 10.1. The molecule has 1 heterocycles. The minimum atomic E-state index is -1.03. The summed E-state index contributed by atoms with van der Waals surface area (Å²) in [6.07, 6.45) is 0. The second-order valence-corrected chi connectivity index (χ2v) is 6.93. The van der Waals surface area contributed by atoms with E-state index in [0.29, 0.717) is 34.5 Å². The predicted molar refractivity (Wildman–Crippen MR) is 101 cm³/mol.